The van der Waals surface area contributed by atoms with Gasteiger partial charge in [-0.25, -0.2) is 14.4 Å². The predicted octanol–water partition coefficient (Wildman–Crippen LogP) is 5.16. The number of nitrogens with zero attached hydrogens (tertiary/aromatic N) is 2. The number of hydrogen-bond acceptors (Lipinski definition) is 2. The zero-order valence-corrected chi connectivity index (χ0v) is 12.8. The summed E-state index contributed by atoms with van der Waals surface area (Å²) in [5.74, 6) is 0.197. The third-order valence-electron chi connectivity index (χ3n) is 3.11. The van der Waals surface area contributed by atoms with Crippen LogP contribution in [0, 0.1) is 12.7 Å². The first kappa shape index (κ1) is 13.5. The molecule has 0 unspecified atom stereocenters. The number of aromatic nitrogens is 2. The van der Waals surface area contributed by atoms with Crippen LogP contribution in [0.2, 0.25) is 5.15 Å². The molecule has 3 rings (SSSR count). The minimum atomic E-state index is -0.292. The first-order valence-electron chi connectivity index (χ1n) is 5.94. The molecule has 0 aliphatic heterocycles. The zero-order valence-electron chi connectivity index (χ0n) is 10.5. The van der Waals surface area contributed by atoms with Gasteiger partial charge in [0.15, 0.2) is 5.82 Å². The first-order valence-corrected chi connectivity index (χ1v) is 7.11. The number of aryl methyl sites for hydroxylation is 1. The highest BCUT2D eigenvalue weighted by molar-refractivity contribution is 9.10. The highest BCUT2D eigenvalue weighted by Gasteiger charge is 2.11. The molecule has 0 aliphatic carbocycles. The lowest BCUT2D eigenvalue weighted by Crippen LogP contribution is -1.94. The van der Waals surface area contributed by atoms with E-state index < -0.39 is 0 Å². The zero-order chi connectivity index (χ0) is 14.3. The fourth-order valence-corrected chi connectivity index (χ4v) is 2.55. The quantitative estimate of drug-likeness (QED) is 0.566. The van der Waals surface area contributed by atoms with Crippen molar-refractivity contribution in [3.05, 3.63) is 57.4 Å². The fraction of sp³-hybridized carbons (Fsp3) is 0.0667. The van der Waals surface area contributed by atoms with Gasteiger partial charge in [-0.3, -0.25) is 0 Å². The van der Waals surface area contributed by atoms with Crippen molar-refractivity contribution >= 4 is 38.4 Å². The number of fused-ring (bicyclic) bond motifs is 1. The molecular weight excluding hydrogens is 343 g/mol. The average molecular weight is 352 g/mol. The summed E-state index contributed by atoms with van der Waals surface area (Å²) in [5, 5.41) is 1.20. The van der Waals surface area contributed by atoms with Crippen molar-refractivity contribution in [2.24, 2.45) is 0 Å². The molecule has 20 heavy (non-hydrogen) atoms. The van der Waals surface area contributed by atoms with Crippen LogP contribution in [0.4, 0.5) is 4.39 Å². The molecule has 0 bridgehead atoms. The normalized spacial score (nSPS) is 11.0. The standard InChI is InChI=1S/C15H9BrClFN2/c1-8-12(16)7-6-11-13(8)19-15(20-14(11)17)9-2-4-10(18)5-3-9/h2-7H,1H3. The highest BCUT2D eigenvalue weighted by atomic mass is 79.9. The maximum atomic E-state index is 13.0. The summed E-state index contributed by atoms with van der Waals surface area (Å²) >= 11 is 9.71. The smallest absolute Gasteiger partial charge is 0.161 e. The molecule has 0 amide bonds. The number of halogens is 3. The Kier molecular flexibility index (Phi) is 3.44. The van der Waals surface area contributed by atoms with Gasteiger partial charge in [0.2, 0.25) is 0 Å². The molecule has 1 aromatic heterocycles. The molecule has 0 saturated carbocycles. The summed E-state index contributed by atoms with van der Waals surface area (Å²) in [6, 6.07) is 9.84. The lowest BCUT2D eigenvalue weighted by Gasteiger charge is -2.08. The van der Waals surface area contributed by atoms with E-state index >= 15 is 0 Å². The van der Waals surface area contributed by atoms with Crippen LogP contribution in [0.25, 0.3) is 22.3 Å². The Bertz CT molecular complexity index is 803. The number of rotatable bonds is 1. The third kappa shape index (κ3) is 2.30. The third-order valence-corrected chi connectivity index (χ3v) is 4.26. The monoisotopic (exact) mass is 350 g/mol. The maximum absolute atomic E-state index is 13.0. The summed E-state index contributed by atoms with van der Waals surface area (Å²) in [7, 11) is 0. The van der Waals surface area contributed by atoms with E-state index in [1.165, 1.54) is 12.1 Å². The van der Waals surface area contributed by atoms with E-state index in [4.69, 9.17) is 11.6 Å². The van der Waals surface area contributed by atoms with Crippen molar-refractivity contribution in [1.82, 2.24) is 9.97 Å². The van der Waals surface area contributed by atoms with Gasteiger partial charge in [0.05, 0.1) is 5.52 Å². The molecule has 100 valence electrons. The molecule has 1 heterocycles. The SMILES string of the molecule is Cc1c(Br)ccc2c(Cl)nc(-c3ccc(F)cc3)nc12. The van der Waals surface area contributed by atoms with Crippen molar-refractivity contribution in [2.45, 2.75) is 6.92 Å². The lowest BCUT2D eigenvalue weighted by molar-refractivity contribution is 0.628. The number of benzene rings is 2. The Hall–Kier alpha value is -1.52. The first-order chi connectivity index (χ1) is 9.56. The van der Waals surface area contributed by atoms with Crippen molar-refractivity contribution in [3.63, 3.8) is 0 Å². The van der Waals surface area contributed by atoms with Crippen LogP contribution in [0.15, 0.2) is 40.9 Å². The molecule has 0 fully saturated rings. The topological polar surface area (TPSA) is 25.8 Å². The van der Waals surface area contributed by atoms with E-state index in [1.807, 2.05) is 19.1 Å². The molecule has 0 saturated heterocycles. The number of hydrogen-bond donors (Lipinski definition) is 0. The summed E-state index contributed by atoms with van der Waals surface area (Å²) in [4.78, 5) is 8.84. The Morgan fingerprint density at radius 1 is 1.05 bits per heavy atom. The van der Waals surface area contributed by atoms with Gasteiger partial charge in [0.1, 0.15) is 11.0 Å². The van der Waals surface area contributed by atoms with Crippen LogP contribution >= 0.6 is 27.5 Å². The van der Waals surface area contributed by atoms with Crippen LogP contribution in [-0.2, 0) is 0 Å². The van der Waals surface area contributed by atoms with Crippen LogP contribution in [0.5, 0.6) is 0 Å². The molecule has 5 heteroatoms. The average Bonchev–Trinajstić information content (AvgIpc) is 2.44. The largest absolute Gasteiger partial charge is 0.228 e. The van der Waals surface area contributed by atoms with Crippen molar-refractivity contribution in [2.75, 3.05) is 0 Å². The Labute approximate surface area is 128 Å². The van der Waals surface area contributed by atoms with Crippen LogP contribution < -0.4 is 0 Å². The molecule has 3 aromatic rings. The van der Waals surface area contributed by atoms with Crippen molar-refractivity contribution in [1.29, 1.82) is 0 Å². The highest BCUT2D eigenvalue weighted by Crippen LogP contribution is 2.30. The second-order valence-electron chi connectivity index (χ2n) is 4.41. The molecule has 0 spiro atoms. The molecule has 2 nitrogen and oxygen atoms in total. The minimum absolute atomic E-state index is 0.292. The van der Waals surface area contributed by atoms with E-state index in [1.54, 1.807) is 12.1 Å². The van der Waals surface area contributed by atoms with Gasteiger partial charge in [0, 0.05) is 15.4 Å². The molecule has 2 aromatic carbocycles. The van der Waals surface area contributed by atoms with Gasteiger partial charge in [-0.1, -0.05) is 27.5 Å². The Morgan fingerprint density at radius 3 is 2.45 bits per heavy atom. The second kappa shape index (κ2) is 5.11. The van der Waals surface area contributed by atoms with Gasteiger partial charge < -0.3 is 0 Å². The van der Waals surface area contributed by atoms with E-state index in [2.05, 4.69) is 25.9 Å². The van der Waals surface area contributed by atoms with E-state index in [0.717, 1.165) is 26.5 Å². The fourth-order valence-electron chi connectivity index (χ4n) is 2.00. The van der Waals surface area contributed by atoms with E-state index in [0.29, 0.717) is 11.0 Å². The molecular formula is C15H9BrClFN2. The minimum Gasteiger partial charge on any atom is -0.228 e. The molecule has 0 N–H and O–H groups in total. The van der Waals surface area contributed by atoms with Gasteiger partial charge in [-0.2, -0.15) is 0 Å². The predicted molar refractivity (Wildman–Crippen MR) is 82.4 cm³/mol. The van der Waals surface area contributed by atoms with Crippen LogP contribution in [-0.4, -0.2) is 9.97 Å². The Morgan fingerprint density at radius 2 is 1.75 bits per heavy atom. The van der Waals surface area contributed by atoms with Crippen molar-refractivity contribution in [3.8, 4) is 11.4 Å². The van der Waals surface area contributed by atoms with E-state index in [9.17, 15) is 4.39 Å². The van der Waals surface area contributed by atoms with Crippen molar-refractivity contribution < 1.29 is 4.39 Å². The van der Waals surface area contributed by atoms with Gasteiger partial charge in [-0.15, -0.1) is 0 Å². The van der Waals surface area contributed by atoms with Gasteiger partial charge in [-0.05, 0) is 48.9 Å². The van der Waals surface area contributed by atoms with Gasteiger partial charge >= 0.3 is 0 Å². The van der Waals surface area contributed by atoms with Crippen LogP contribution in [0.1, 0.15) is 5.56 Å². The maximum Gasteiger partial charge on any atom is 0.161 e. The second-order valence-corrected chi connectivity index (χ2v) is 5.63. The molecule has 0 aliphatic rings. The summed E-state index contributed by atoms with van der Waals surface area (Å²) < 4.78 is 13.9. The summed E-state index contributed by atoms with van der Waals surface area (Å²) in [5.41, 5.74) is 2.52. The lowest BCUT2D eigenvalue weighted by atomic mass is 10.1. The van der Waals surface area contributed by atoms with E-state index in [-0.39, 0.29) is 5.82 Å². The molecule has 0 atom stereocenters. The summed E-state index contributed by atoms with van der Waals surface area (Å²) in [6.07, 6.45) is 0. The molecule has 0 radical (unpaired) electrons. The summed E-state index contributed by atoms with van der Waals surface area (Å²) in [6.45, 7) is 1.96. The van der Waals surface area contributed by atoms with Crippen LogP contribution in [0.3, 0.4) is 0 Å². The van der Waals surface area contributed by atoms with Gasteiger partial charge in [0.25, 0.3) is 0 Å². The Balaban J connectivity index is 2.28.